The molecule has 0 atom stereocenters. The Kier molecular flexibility index (Phi) is 3.72. The van der Waals surface area contributed by atoms with Crippen LogP contribution in [0.25, 0.3) is 21.9 Å². The third-order valence-corrected chi connectivity index (χ3v) is 4.80. The van der Waals surface area contributed by atoms with Crippen molar-refractivity contribution in [3.8, 4) is 5.75 Å². The number of nitrogens with zero attached hydrogens (tertiary/aromatic N) is 1. The summed E-state index contributed by atoms with van der Waals surface area (Å²) in [6.07, 6.45) is 4.31. The molecule has 1 aliphatic heterocycles. The number of rotatable bonds is 4. The molecule has 2 heterocycles. The molecule has 0 amide bonds. The Morgan fingerprint density at radius 1 is 1.17 bits per heavy atom. The van der Waals surface area contributed by atoms with Crippen molar-refractivity contribution in [2.75, 3.05) is 6.61 Å². The van der Waals surface area contributed by atoms with E-state index in [2.05, 4.69) is 26.0 Å². The lowest BCUT2D eigenvalue weighted by atomic mass is 9.91. The molecule has 0 unspecified atom stereocenters. The largest absolute Gasteiger partial charge is 0.487 e. The summed E-state index contributed by atoms with van der Waals surface area (Å²) in [4.78, 5) is 4.75. The molecular weight excluding hydrogens is 302 g/mol. The Labute approximate surface area is 141 Å². The number of hydrogen-bond acceptors (Lipinski definition) is 4. The molecule has 0 spiro atoms. The van der Waals surface area contributed by atoms with Gasteiger partial charge < -0.3 is 14.3 Å². The van der Waals surface area contributed by atoms with Crippen LogP contribution in [-0.2, 0) is 12.8 Å². The van der Waals surface area contributed by atoms with E-state index in [0.717, 1.165) is 71.2 Å². The van der Waals surface area contributed by atoms with Crippen LogP contribution in [0.3, 0.4) is 0 Å². The minimum atomic E-state index is -0.159. The quantitative estimate of drug-likeness (QED) is 0.722. The molecule has 0 bridgehead atoms. The average Bonchev–Trinajstić information content (AvgIpc) is 2.99. The normalized spacial score (nSPS) is 16.3. The summed E-state index contributed by atoms with van der Waals surface area (Å²) in [6.45, 7) is 4.48. The van der Waals surface area contributed by atoms with Crippen molar-refractivity contribution in [2.24, 2.45) is 0 Å². The fourth-order valence-electron chi connectivity index (χ4n) is 3.50. The van der Waals surface area contributed by atoms with Crippen molar-refractivity contribution in [1.82, 2.24) is 4.98 Å². The zero-order valence-corrected chi connectivity index (χ0v) is 14.3. The van der Waals surface area contributed by atoms with Gasteiger partial charge in [0.1, 0.15) is 16.9 Å². The zero-order valence-electron chi connectivity index (χ0n) is 14.3. The number of unbranched alkanes of at least 4 members (excludes halogenated alkanes) is 1. The van der Waals surface area contributed by atoms with Crippen molar-refractivity contribution < 1.29 is 14.3 Å². The highest BCUT2D eigenvalue weighted by Gasteiger charge is 2.31. The molecule has 0 saturated carbocycles. The van der Waals surface area contributed by atoms with E-state index in [1.54, 1.807) is 0 Å². The summed E-state index contributed by atoms with van der Waals surface area (Å²) >= 11 is 0. The first-order valence-corrected chi connectivity index (χ1v) is 8.72. The van der Waals surface area contributed by atoms with Crippen LogP contribution >= 0.6 is 0 Å². The Morgan fingerprint density at radius 2 is 1.96 bits per heavy atom. The van der Waals surface area contributed by atoms with Gasteiger partial charge in [-0.05, 0) is 39.5 Å². The van der Waals surface area contributed by atoms with E-state index in [0.29, 0.717) is 0 Å². The van der Waals surface area contributed by atoms with E-state index in [1.165, 1.54) is 0 Å². The molecule has 24 heavy (non-hydrogen) atoms. The summed E-state index contributed by atoms with van der Waals surface area (Å²) in [6, 6.07) is 8.27. The molecule has 0 saturated heterocycles. The lowest BCUT2D eigenvalue weighted by molar-refractivity contribution is 0.0870. The maximum Gasteiger partial charge on any atom is 0.195 e. The van der Waals surface area contributed by atoms with Crippen LogP contribution in [0, 0.1) is 0 Å². The number of fused-ring (bicyclic) bond motifs is 6. The Hall–Kier alpha value is -2.07. The predicted molar refractivity (Wildman–Crippen MR) is 94.6 cm³/mol. The van der Waals surface area contributed by atoms with Gasteiger partial charge in [0.25, 0.3) is 0 Å². The SMILES string of the molecule is CC1(C)CCc2c(c3ccccc3c3nc(CCCCO)oc23)O1. The van der Waals surface area contributed by atoms with Crippen LogP contribution < -0.4 is 4.74 Å². The minimum absolute atomic E-state index is 0.159. The van der Waals surface area contributed by atoms with E-state index >= 15 is 0 Å². The zero-order chi connectivity index (χ0) is 16.7. The molecular formula is C20H23NO3. The maximum absolute atomic E-state index is 8.97. The summed E-state index contributed by atoms with van der Waals surface area (Å²) < 4.78 is 12.4. The molecule has 4 heteroatoms. The second kappa shape index (κ2) is 5.78. The van der Waals surface area contributed by atoms with Gasteiger partial charge in [0.2, 0.25) is 0 Å². The molecule has 0 radical (unpaired) electrons. The van der Waals surface area contributed by atoms with Gasteiger partial charge in [-0.3, -0.25) is 0 Å². The highest BCUT2D eigenvalue weighted by Crippen LogP contribution is 2.44. The number of aliphatic hydroxyl groups excluding tert-OH is 1. The topological polar surface area (TPSA) is 55.5 Å². The lowest BCUT2D eigenvalue weighted by Crippen LogP contribution is -2.32. The average molecular weight is 325 g/mol. The minimum Gasteiger partial charge on any atom is -0.487 e. The molecule has 4 nitrogen and oxygen atoms in total. The van der Waals surface area contributed by atoms with Gasteiger partial charge in [0, 0.05) is 29.4 Å². The third kappa shape index (κ3) is 2.55. The summed E-state index contributed by atoms with van der Waals surface area (Å²) in [7, 11) is 0. The maximum atomic E-state index is 8.97. The second-order valence-electron chi connectivity index (χ2n) is 7.18. The molecule has 0 aliphatic carbocycles. The Balaban J connectivity index is 1.91. The van der Waals surface area contributed by atoms with Crippen LogP contribution in [0.2, 0.25) is 0 Å². The molecule has 1 aromatic heterocycles. The van der Waals surface area contributed by atoms with Crippen molar-refractivity contribution in [2.45, 2.75) is 51.6 Å². The van der Waals surface area contributed by atoms with E-state index in [9.17, 15) is 0 Å². The van der Waals surface area contributed by atoms with Crippen molar-refractivity contribution in [3.05, 3.63) is 35.7 Å². The van der Waals surface area contributed by atoms with Crippen LogP contribution in [0.1, 0.15) is 44.6 Å². The Bertz CT molecular complexity index is 895. The Morgan fingerprint density at radius 3 is 2.75 bits per heavy atom. The summed E-state index contributed by atoms with van der Waals surface area (Å²) in [5.41, 5.74) is 2.79. The fourth-order valence-corrected chi connectivity index (χ4v) is 3.50. The number of aromatic nitrogens is 1. The highest BCUT2D eigenvalue weighted by atomic mass is 16.5. The first kappa shape index (κ1) is 15.5. The van der Waals surface area contributed by atoms with Gasteiger partial charge in [0.05, 0.1) is 0 Å². The van der Waals surface area contributed by atoms with E-state index < -0.39 is 0 Å². The monoisotopic (exact) mass is 325 g/mol. The van der Waals surface area contributed by atoms with E-state index in [1.807, 2.05) is 12.1 Å². The van der Waals surface area contributed by atoms with E-state index in [-0.39, 0.29) is 12.2 Å². The van der Waals surface area contributed by atoms with Crippen molar-refractivity contribution in [3.63, 3.8) is 0 Å². The van der Waals surface area contributed by atoms with Crippen LogP contribution in [0.15, 0.2) is 28.7 Å². The lowest BCUT2D eigenvalue weighted by Gasteiger charge is -2.33. The number of hydrogen-bond donors (Lipinski definition) is 1. The standard InChI is InChI=1S/C20H23NO3/c1-20(2)11-10-15-18(24-20)14-8-4-3-7-13(14)17-19(15)23-16(21-17)9-5-6-12-22/h3-4,7-8,22H,5-6,9-12H2,1-2H3. The van der Waals surface area contributed by atoms with Gasteiger partial charge in [-0.2, -0.15) is 0 Å². The number of aliphatic hydroxyl groups is 1. The molecule has 126 valence electrons. The number of benzene rings is 2. The first-order chi connectivity index (χ1) is 11.6. The van der Waals surface area contributed by atoms with Gasteiger partial charge in [0.15, 0.2) is 11.5 Å². The van der Waals surface area contributed by atoms with Gasteiger partial charge in [-0.15, -0.1) is 0 Å². The summed E-state index contributed by atoms with van der Waals surface area (Å²) in [5.74, 6) is 1.70. The number of oxazole rings is 1. The molecule has 1 aliphatic rings. The van der Waals surface area contributed by atoms with Crippen LogP contribution in [0.5, 0.6) is 5.75 Å². The summed E-state index contributed by atoms with van der Waals surface area (Å²) in [5, 5.41) is 11.2. The molecule has 4 rings (SSSR count). The smallest absolute Gasteiger partial charge is 0.195 e. The molecule has 0 fully saturated rings. The van der Waals surface area contributed by atoms with Gasteiger partial charge in [-0.25, -0.2) is 4.98 Å². The predicted octanol–water partition coefficient (Wildman–Crippen LogP) is 4.40. The fraction of sp³-hybridized carbons (Fsp3) is 0.450. The van der Waals surface area contributed by atoms with Crippen LogP contribution in [-0.4, -0.2) is 22.3 Å². The number of ether oxygens (including phenoxy) is 1. The first-order valence-electron chi connectivity index (χ1n) is 8.72. The van der Waals surface area contributed by atoms with E-state index in [4.69, 9.17) is 19.2 Å². The van der Waals surface area contributed by atoms with Gasteiger partial charge >= 0.3 is 0 Å². The van der Waals surface area contributed by atoms with Crippen molar-refractivity contribution in [1.29, 1.82) is 0 Å². The molecule has 1 N–H and O–H groups in total. The third-order valence-electron chi connectivity index (χ3n) is 4.80. The highest BCUT2D eigenvalue weighted by molar-refractivity contribution is 6.08. The van der Waals surface area contributed by atoms with Gasteiger partial charge in [-0.1, -0.05) is 24.3 Å². The second-order valence-corrected chi connectivity index (χ2v) is 7.18. The van der Waals surface area contributed by atoms with Crippen LogP contribution in [0.4, 0.5) is 0 Å². The van der Waals surface area contributed by atoms with Crippen molar-refractivity contribution >= 4 is 21.9 Å². The molecule has 3 aromatic rings. The molecule has 2 aromatic carbocycles. The number of aryl methyl sites for hydroxylation is 2.